The van der Waals surface area contributed by atoms with Crippen LogP contribution in [0.5, 0.6) is 5.75 Å². The average molecular weight is 506 g/mol. The molecule has 0 amide bonds. The molecule has 0 saturated carbocycles. The van der Waals surface area contributed by atoms with Crippen LogP contribution in [0.3, 0.4) is 0 Å². The molecule has 0 spiro atoms. The van der Waals surface area contributed by atoms with Gasteiger partial charge in [0.15, 0.2) is 5.78 Å². The van der Waals surface area contributed by atoms with Crippen LogP contribution in [-0.4, -0.2) is 15.3 Å². The number of carbonyl (C=O) groups is 1. The first-order chi connectivity index (χ1) is 13.3. The van der Waals surface area contributed by atoms with Crippen molar-refractivity contribution in [3.05, 3.63) is 83.4 Å². The summed E-state index contributed by atoms with van der Waals surface area (Å²) in [6, 6.07) is 14.1. The van der Waals surface area contributed by atoms with Crippen molar-refractivity contribution in [2.45, 2.75) is 37.2 Å². The van der Waals surface area contributed by atoms with Gasteiger partial charge in [-0.3, -0.25) is 4.79 Å². The van der Waals surface area contributed by atoms with E-state index < -0.39 is 0 Å². The predicted molar refractivity (Wildman–Crippen MR) is 119 cm³/mol. The molecule has 4 nitrogen and oxygen atoms in total. The van der Waals surface area contributed by atoms with E-state index in [-0.39, 0.29) is 28.9 Å². The fraction of sp³-hybridized carbons (Fsp3) is 0.273. The van der Waals surface area contributed by atoms with E-state index in [4.69, 9.17) is 4.74 Å². The minimum absolute atomic E-state index is 0. The number of rotatable bonds is 6. The third kappa shape index (κ3) is 4.39. The van der Waals surface area contributed by atoms with Gasteiger partial charge in [0, 0.05) is 35.3 Å². The molecule has 1 atom stereocenters. The summed E-state index contributed by atoms with van der Waals surface area (Å²) in [5.41, 5.74) is 4.19. The summed E-state index contributed by atoms with van der Waals surface area (Å²) in [7, 11) is 0. The summed E-state index contributed by atoms with van der Waals surface area (Å²) in [6.45, 7) is 0.668. The van der Waals surface area contributed by atoms with Gasteiger partial charge >= 0.3 is 0 Å². The maximum atomic E-state index is 12.3. The Balaban J connectivity index is 0.00000225. The van der Waals surface area contributed by atoms with Crippen molar-refractivity contribution in [3.63, 3.8) is 0 Å². The van der Waals surface area contributed by atoms with Gasteiger partial charge in [-0.15, -0.1) is 17.0 Å². The number of alkyl halides is 1. The monoisotopic (exact) mass is 504 g/mol. The number of Topliss-reactive ketones (excluding diaryl/α,β-unsaturated/α-hetero) is 1. The number of carbonyl (C=O) groups excluding carboxylic acids is 1. The van der Waals surface area contributed by atoms with Gasteiger partial charge in [0.05, 0.1) is 12.9 Å². The smallest absolute Gasteiger partial charge is 0.163 e. The summed E-state index contributed by atoms with van der Waals surface area (Å²) in [5, 5.41) is 0.672. The van der Waals surface area contributed by atoms with Crippen LogP contribution in [0.2, 0.25) is 0 Å². The Morgan fingerprint density at radius 3 is 2.68 bits per heavy atom. The van der Waals surface area contributed by atoms with Crippen LogP contribution in [0, 0.1) is 0 Å². The van der Waals surface area contributed by atoms with Crippen molar-refractivity contribution in [2.24, 2.45) is 0 Å². The maximum absolute atomic E-state index is 12.3. The zero-order chi connectivity index (χ0) is 18.6. The van der Waals surface area contributed by atoms with E-state index in [0.717, 1.165) is 40.8 Å². The predicted octanol–water partition coefficient (Wildman–Crippen LogP) is 5.70. The molecule has 146 valence electrons. The molecule has 0 unspecified atom stereocenters. The normalized spacial score (nSPS) is 14.1. The molecule has 3 aromatic rings. The van der Waals surface area contributed by atoms with Crippen LogP contribution < -0.4 is 4.74 Å². The second-order valence-electron chi connectivity index (χ2n) is 6.76. The van der Waals surface area contributed by atoms with E-state index in [1.54, 1.807) is 12.5 Å². The van der Waals surface area contributed by atoms with Gasteiger partial charge < -0.3 is 9.30 Å². The molecule has 0 saturated heterocycles. The first-order valence-electron chi connectivity index (χ1n) is 9.17. The number of fused-ring (bicyclic) bond motifs is 1. The third-order valence-electron chi connectivity index (χ3n) is 5.03. The lowest BCUT2D eigenvalue weighted by molar-refractivity contribution is 0.0972. The van der Waals surface area contributed by atoms with E-state index >= 15 is 0 Å². The Kier molecular flexibility index (Phi) is 7.08. The standard InChI is InChI=1S/C22H21BrN2O2.BrH/c23-13-19-17-7-4-8-20(26)18(17)9-10-21(19)27-22(14-25-12-11-24-15-25)16-5-2-1-3-6-16;/h1-3,5-6,9-12,15,22H,4,7-8,13-14H2;1H/t22-;/m1./s1. The summed E-state index contributed by atoms with van der Waals surface area (Å²) in [6.07, 6.45) is 7.85. The Bertz CT molecular complexity index is 927. The minimum atomic E-state index is -0.143. The molecule has 0 aliphatic heterocycles. The molecular formula is C22H22Br2N2O2. The van der Waals surface area contributed by atoms with Crippen LogP contribution >= 0.6 is 32.9 Å². The number of hydrogen-bond acceptors (Lipinski definition) is 3. The highest BCUT2D eigenvalue weighted by Gasteiger charge is 2.24. The lowest BCUT2D eigenvalue weighted by Crippen LogP contribution is -2.17. The van der Waals surface area contributed by atoms with Crippen LogP contribution in [0.4, 0.5) is 0 Å². The summed E-state index contributed by atoms with van der Waals surface area (Å²) >= 11 is 3.61. The number of halogens is 2. The van der Waals surface area contributed by atoms with Crippen molar-refractivity contribution in [1.29, 1.82) is 0 Å². The molecule has 4 rings (SSSR count). The highest BCUT2D eigenvalue weighted by molar-refractivity contribution is 9.08. The number of aromatic nitrogens is 2. The van der Waals surface area contributed by atoms with E-state index in [0.29, 0.717) is 18.3 Å². The van der Waals surface area contributed by atoms with Crippen molar-refractivity contribution >= 4 is 38.7 Å². The Morgan fingerprint density at radius 1 is 1.14 bits per heavy atom. The molecule has 0 fully saturated rings. The zero-order valence-corrected chi connectivity index (χ0v) is 18.7. The quantitative estimate of drug-likeness (QED) is 0.404. The molecule has 1 heterocycles. The van der Waals surface area contributed by atoms with Gasteiger partial charge in [0.1, 0.15) is 11.9 Å². The van der Waals surface area contributed by atoms with Crippen molar-refractivity contribution in [1.82, 2.24) is 9.55 Å². The maximum Gasteiger partial charge on any atom is 0.163 e. The van der Waals surface area contributed by atoms with Gasteiger partial charge in [-0.25, -0.2) is 4.98 Å². The van der Waals surface area contributed by atoms with Crippen LogP contribution in [0.1, 0.15) is 46.0 Å². The lowest BCUT2D eigenvalue weighted by atomic mass is 9.87. The molecule has 6 heteroatoms. The molecule has 1 aromatic heterocycles. The van der Waals surface area contributed by atoms with Crippen LogP contribution in [-0.2, 0) is 18.3 Å². The number of imidazole rings is 1. The number of benzene rings is 2. The molecule has 1 aliphatic carbocycles. The summed E-state index contributed by atoms with van der Waals surface area (Å²) in [4.78, 5) is 16.4. The van der Waals surface area contributed by atoms with E-state index in [9.17, 15) is 4.79 Å². The molecule has 28 heavy (non-hydrogen) atoms. The second kappa shape index (κ2) is 9.52. The van der Waals surface area contributed by atoms with Gasteiger partial charge in [-0.05, 0) is 36.1 Å². The molecule has 2 aromatic carbocycles. The first kappa shape index (κ1) is 20.8. The van der Waals surface area contributed by atoms with Gasteiger partial charge in [0.25, 0.3) is 0 Å². The Labute approximate surface area is 183 Å². The summed E-state index contributed by atoms with van der Waals surface area (Å²) in [5.74, 6) is 1.08. The molecule has 0 N–H and O–H groups in total. The van der Waals surface area contributed by atoms with Crippen molar-refractivity contribution < 1.29 is 9.53 Å². The van der Waals surface area contributed by atoms with Crippen LogP contribution in [0.15, 0.2) is 61.2 Å². The largest absolute Gasteiger partial charge is 0.484 e. The van der Waals surface area contributed by atoms with Crippen molar-refractivity contribution in [3.8, 4) is 5.75 Å². The Hall–Kier alpha value is -1.92. The van der Waals surface area contributed by atoms with Gasteiger partial charge in [-0.1, -0.05) is 46.3 Å². The van der Waals surface area contributed by atoms with Crippen molar-refractivity contribution in [2.75, 3.05) is 0 Å². The highest BCUT2D eigenvalue weighted by atomic mass is 79.9. The third-order valence-corrected chi connectivity index (χ3v) is 5.59. The molecule has 0 bridgehead atoms. The number of hydrogen-bond donors (Lipinski definition) is 0. The number of nitrogens with zero attached hydrogens (tertiary/aromatic N) is 2. The second-order valence-corrected chi connectivity index (χ2v) is 7.32. The van der Waals surface area contributed by atoms with Gasteiger partial charge in [0.2, 0.25) is 0 Å². The Morgan fingerprint density at radius 2 is 1.96 bits per heavy atom. The number of ketones is 1. The average Bonchev–Trinajstić information content (AvgIpc) is 3.21. The first-order valence-corrected chi connectivity index (χ1v) is 10.3. The fourth-order valence-electron chi connectivity index (χ4n) is 3.65. The minimum Gasteiger partial charge on any atom is -0.484 e. The lowest BCUT2D eigenvalue weighted by Gasteiger charge is -2.25. The molecule has 1 aliphatic rings. The van der Waals surface area contributed by atoms with Crippen LogP contribution in [0.25, 0.3) is 0 Å². The number of ether oxygens (including phenoxy) is 1. The van der Waals surface area contributed by atoms with Gasteiger partial charge in [-0.2, -0.15) is 0 Å². The van der Waals surface area contributed by atoms with E-state index in [2.05, 4.69) is 33.0 Å². The van der Waals surface area contributed by atoms with E-state index in [1.165, 1.54) is 0 Å². The highest BCUT2D eigenvalue weighted by Crippen LogP contribution is 2.35. The van der Waals surface area contributed by atoms with E-state index in [1.807, 2.05) is 41.1 Å². The molecular weight excluding hydrogens is 484 g/mol. The zero-order valence-electron chi connectivity index (χ0n) is 15.4. The topological polar surface area (TPSA) is 44.1 Å². The molecule has 0 radical (unpaired) electrons. The SMILES string of the molecule is Br.O=C1CCCc2c1ccc(O[C@H](Cn1ccnc1)c1ccccc1)c2CBr. The summed E-state index contributed by atoms with van der Waals surface area (Å²) < 4.78 is 8.53. The fourth-order valence-corrected chi connectivity index (χ4v) is 4.27.